The number of aryl methyl sites for hydroxylation is 2. The molecule has 2 aromatic carbocycles. The lowest BCUT2D eigenvalue weighted by Gasteiger charge is -2.14. The number of aromatic nitrogens is 2. The molecule has 138 valence electrons. The molecule has 0 spiro atoms. The molecule has 0 aliphatic heterocycles. The van der Waals surface area contributed by atoms with E-state index in [1.54, 1.807) is 25.1 Å². The van der Waals surface area contributed by atoms with Gasteiger partial charge in [0.15, 0.2) is 6.10 Å². The quantitative estimate of drug-likeness (QED) is 0.705. The summed E-state index contributed by atoms with van der Waals surface area (Å²) in [4.78, 5) is 33.4. The van der Waals surface area contributed by atoms with E-state index in [0.717, 1.165) is 17.0 Å². The van der Waals surface area contributed by atoms with Gasteiger partial charge in [-0.1, -0.05) is 30.3 Å². The summed E-state index contributed by atoms with van der Waals surface area (Å²) in [5, 5.41) is 2.76. The molecule has 0 radical (unpaired) electrons. The second kappa shape index (κ2) is 7.95. The van der Waals surface area contributed by atoms with Gasteiger partial charge in [-0.25, -0.2) is 14.8 Å². The SMILES string of the molecule is Cc1nc2ccc(C(=O)O[C@H](C)C(=O)NCc3ccccc3)cc2nc1C. The predicted molar refractivity (Wildman–Crippen MR) is 102 cm³/mol. The van der Waals surface area contributed by atoms with Crippen molar-refractivity contribution in [1.82, 2.24) is 15.3 Å². The Morgan fingerprint density at radius 3 is 2.37 bits per heavy atom. The lowest BCUT2D eigenvalue weighted by atomic mass is 10.2. The topological polar surface area (TPSA) is 81.2 Å². The molecule has 6 nitrogen and oxygen atoms in total. The van der Waals surface area contributed by atoms with Gasteiger partial charge in [0.05, 0.1) is 28.0 Å². The Morgan fingerprint density at radius 2 is 1.67 bits per heavy atom. The van der Waals surface area contributed by atoms with Crippen LogP contribution in [-0.4, -0.2) is 27.9 Å². The van der Waals surface area contributed by atoms with Gasteiger partial charge in [0.2, 0.25) is 0 Å². The summed E-state index contributed by atoms with van der Waals surface area (Å²) in [5.74, 6) is -0.918. The van der Waals surface area contributed by atoms with E-state index in [0.29, 0.717) is 23.1 Å². The Bertz CT molecular complexity index is 987. The van der Waals surface area contributed by atoms with Gasteiger partial charge in [-0.2, -0.15) is 0 Å². The largest absolute Gasteiger partial charge is 0.449 e. The van der Waals surface area contributed by atoms with Gasteiger partial charge in [0.1, 0.15) is 0 Å². The van der Waals surface area contributed by atoms with E-state index in [2.05, 4.69) is 15.3 Å². The zero-order valence-electron chi connectivity index (χ0n) is 15.5. The molecule has 0 fully saturated rings. The van der Waals surface area contributed by atoms with Crippen LogP contribution in [0, 0.1) is 13.8 Å². The van der Waals surface area contributed by atoms with Crippen LogP contribution in [-0.2, 0) is 16.1 Å². The van der Waals surface area contributed by atoms with Crippen LogP contribution in [0.4, 0.5) is 0 Å². The van der Waals surface area contributed by atoms with Crippen molar-refractivity contribution in [3.8, 4) is 0 Å². The minimum absolute atomic E-state index is 0.336. The highest BCUT2D eigenvalue weighted by Gasteiger charge is 2.19. The molecule has 3 rings (SSSR count). The van der Waals surface area contributed by atoms with E-state index in [4.69, 9.17) is 4.74 Å². The number of amides is 1. The fraction of sp³-hybridized carbons (Fsp3) is 0.238. The van der Waals surface area contributed by atoms with Crippen molar-refractivity contribution in [2.75, 3.05) is 0 Å². The highest BCUT2D eigenvalue weighted by molar-refractivity contribution is 5.95. The van der Waals surface area contributed by atoms with E-state index in [-0.39, 0.29) is 5.91 Å². The van der Waals surface area contributed by atoms with Crippen molar-refractivity contribution in [3.63, 3.8) is 0 Å². The van der Waals surface area contributed by atoms with Gasteiger partial charge in [-0.15, -0.1) is 0 Å². The molecule has 1 aromatic heterocycles. The van der Waals surface area contributed by atoms with Gasteiger partial charge >= 0.3 is 5.97 Å². The van der Waals surface area contributed by atoms with Gasteiger partial charge in [0.25, 0.3) is 5.91 Å². The summed E-state index contributed by atoms with van der Waals surface area (Å²) in [6, 6.07) is 14.5. The molecule has 0 saturated carbocycles. The fourth-order valence-corrected chi connectivity index (χ4v) is 2.57. The molecule has 0 bridgehead atoms. The number of ether oxygens (including phenoxy) is 1. The van der Waals surface area contributed by atoms with Crippen LogP contribution in [0.15, 0.2) is 48.5 Å². The highest BCUT2D eigenvalue weighted by Crippen LogP contribution is 2.15. The molecule has 1 heterocycles. The summed E-state index contributed by atoms with van der Waals surface area (Å²) in [5.41, 5.74) is 4.30. The summed E-state index contributed by atoms with van der Waals surface area (Å²) in [6.07, 6.45) is -0.900. The van der Waals surface area contributed by atoms with Crippen molar-refractivity contribution in [1.29, 1.82) is 0 Å². The maximum Gasteiger partial charge on any atom is 0.338 e. The fourth-order valence-electron chi connectivity index (χ4n) is 2.57. The number of nitrogens with one attached hydrogen (secondary N) is 1. The third-order valence-corrected chi connectivity index (χ3v) is 4.27. The van der Waals surface area contributed by atoms with Crippen LogP contribution in [0.3, 0.4) is 0 Å². The zero-order chi connectivity index (χ0) is 19.4. The lowest BCUT2D eigenvalue weighted by molar-refractivity contribution is -0.129. The second-order valence-electron chi connectivity index (χ2n) is 6.35. The van der Waals surface area contributed by atoms with E-state index in [1.807, 2.05) is 44.2 Å². The van der Waals surface area contributed by atoms with Crippen molar-refractivity contribution in [2.45, 2.75) is 33.4 Å². The number of carbonyl (C=O) groups is 2. The van der Waals surface area contributed by atoms with Gasteiger partial charge in [-0.05, 0) is 44.5 Å². The van der Waals surface area contributed by atoms with Crippen LogP contribution >= 0.6 is 0 Å². The number of hydrogen-bond acceptors (Lipinski definition) is 5. The van der Waals surface area contributed by atoms with Gasteiger partial charge in [-0.3, -0.25) is 4.79 Å². The number of hydrogen-bond donors (Lipinski definition) is 1. The Morgan fingerprint density at radius 1 is 1.00 bits per heavy atom. The Kier molecular flexibility index (Phi) is 5.45. The maximum absolute atomic E-state index is 12.4. The van der Waals surface area contributed by atoms with E-state index >= 15 is 0 Å². The average Bonchev–Trinajstić information content (AvgIpc) is 2.67. The molecule has 0 unspecified atom stereocenters. The zero-order valence-corrected chi connectivity index (χ0v) is 15.5. The number of esters is 1. The Balaban J connectivity index is 1.64. The van der Waals surface area contributed by atoms with Crippen molar-refractivity contribution in [2.24, 2.45) is 0 Å². The number of nitrogens with zero attached hydrogens (tertiary/aromatic N) is 2. The minimum Gasteiger partial charge on any atom is -0.449 e. The maximum atomic E-state index is 12.4. The van der Waals surface area contributed by atoms with Crippen LogP contribution in [0.5, 0.6) is 0 Å². The summed E-state index contributed by atoms with van der Waals surface area (Å²) >= 11 is 0. The predicted octanol–water partition coefficient (Wildman–Crippen LogP) is 3.11. The number of fused-ring (bicyclic) bond motifs is 1. The van der Waals surface area contributed by atoms with Gasteiger partial charge in [0, 0.05) is 6.54 Å². The lowest BCUT2D eigenvalue weighted by Crippen LogP contribution is -2.35. The molecule has 0 aliphatic rings. The third kappa shape index (κ3) is 4.47. The number of carbonyl (C=O) groups excluding carboxylic acids is 2. The molecule has 1 atom stereocenters. The molecule has 27 heavy (non-hydrogen) atoms. The normalized spacial score (nSPS) is 11.8. The standard InChI is InChI=1S/C21H21N3O3/c1-13-14(2)24-19-11-17(9-10-18(19)23-13)21(26)27-15(3)20(25)22-12-16-7-5-4-6-8-16/h4-11,15H,12H2,1-3H3,(H,22,25)/t15-/m1/s1. The first kappa shape index (κ1) is 18.5. The third-order valence-electron chi connectivity index (χ3n) is 4.27. The first-order valence-electron chi connectivity index (χ1n) is 8.71. The summed E-state index contributed by atoms with van der Waals surface area (Å²) in [7, 11) is 0. The molecular formula is C21H21N3O3. The summed E-state index contributed by atoms with van der Waals surface area (Å²) in [6.45, 7) is 5.68. The van der Waals surface area contributed by atoms with E-state index in [9.17, 15) is 9.59 Å². The molecular weight excluding hydrogens is 342 g/mol. The van der Waals surface area contributed by atoms with Crippen LogP contribution in [0.25, 0.3) is 11.0 Å². The minimum atomic E-state index is -0.900. The second-order valence-corrected chi connectivity index (χ2v) is 6.35. The van der Waals surface area contributed by atoms with Crippen molar-refractivity contribution < 1.29 is 14.3 Å². The molecule has 0 aliphatic carbocycles. The average molecular weight is 363 g/mol. The summed E-state index contributed by atoms with van der Waals surface area (Å²) < 4.78 is 5.29. The van der Waals surface area contributed by atoms with Crippen molar-refractivity contribution >= 4 is 22.9 Å². The molecule has 6 heteroatoms. The van der Waals surface area contributed by atoms with Crippen molar-refractivity contribution in [3.05, 3.63) is 71.0 Å². The Labute approximate surface area is 157 Å². The number of benzene rings is 2. The van der Waals surface area contributed by atoms with Crippen LogP contribution < -0.4 is 5.32 Å². The smallest absolute Gasteiger partial charge is 0.338 e. The van der Waals surface area contributed by atoms with E-state index < -0.39 is 12.1 Å². The van der Waals surface area contributed by atoms with Crippen LogP contribution in [0.2, 0.25) is 0 Å². The highest BCUT2D eigenvalue weighted by atomic mass is 16.5. The Hall–Kier alpha value is -3.28. The molecule has 1 amide bonds. The number of rotatable bonds is 5. The van der Waals surface area contributed by atoms with E-state index in [1.165, 1.54) is 0 Å². The monoisotopic (exact) mass is 363 g/mol. The molecule has 1 N–H and O–H groups in total. The first-order chi connectivity index (χ1) is 12.9. The van der Waals surface area contributed by atoms with Gasteiger partial charge < -0.3 is 10.1 Å². The first-order valence-corrected chi connectivity index (χ1v) is 8.71. The molecule has 0 saturated heterocycles. The van der Waals surface area contributed by atoms with Crippen LogP contribution in [0.1, 0.15) is 34.2 Å². The molecule has 3 aromatic rings.